The van der Waals surface area contributed by atoms with Crippen molar-refractivity contribution in [2.75, 3.05) is 11.4 Å². The van der Waals surface area contributed by atoms with Gasteiger partial charge in [0.15, 0.2) is 0 Å². The third-order valence-corrected chi connectivity index (χ3v) is 5.87. The highest BCUT2D eigenvalue weighted by molar-refractivity contribution is 6.33. The molecule has 3 aromatic rings. The van der Waals surface area contributed by atoms with E-state index in [9.17, 15) is 4.79 Å². The number of rotatable bonds is 7. The Labute approximate surface area is 171 Å². The number of aromatic nitrogens is 2. The smallest absolute Gasteiger partial charge is 0.227 e. The molecule has 0 spiro atoms. The molecule has 0 saturated carbocycles. The van der Waals surface area contributed by atoms with E-state index in [2.05, 4.69) is 29.7 Å². The summed E-state index contributed by atoms with van der Waals surface area (Å²) >= 11 is 6.34. The van der Waals surface area contributed by atoms with Crippen LogP contribution in [-0.2, 0) is 11.3 Å². The van der Waals surface area contributed by atoms with Crippen LogP contribution in [0.2, 0.25) is 5.02 Å². The molecule has 1 aliphatic rings. The van der Waals surface area contributed by atoms with E-state index in [4.69, 9.17) is 16.6 Å². The van der Waals surface area contributed by atoms with E-state index >= 15 is 0 Å². The summed E-state index contributed by atoms with van der Waals surface area (Å²) in [6, 6.07) is 15.8. The van der Waals surface area contributed by atoms with Crippen molar-refractivity contribution in [1.82, 2.24) is 9.55 Å². The molecule has 1 saturated heterocycles. The van der Waals surface area contributed by atoms with Crippen LogP contribution < -0.4 is 4.90 Å². The SMILES string of the molecule is CCCCCCn1c([C@H]2CC(=O)N(c3ccccc3Cl)C2)nc2ccccc21. The molecular weight excluding hydrogens is 370 g/mol. The molecule has 0 unspecified atom stereocenters. The molecule has 0 bridgehead atoms. The van der Waals surface area contributed by atoms with Gasteiger partial charge in [0.2, 0.25) is 5.91 Å². The first-order valence-corrected chi connectivity index (χ1v) is 10.6. The number of unbranched alkanes of at least 4 members (excludes halogenated alkanes) is 3. The van der Waals surface area contributed by atoms with Crippen molar-refractivity contribution in [3.8, 4) is 0 Å². The van der Waals surface area contributed by atoms with Crippen LogP contribution in [-0.4, -0.2) is 22.0 Å². The highest BCUT2D eigenvalue weighted by atomic mass is 35.5. The van der Waals surface area contributed by atoms with Gasteiger partial charge in [-0.15, -0.1) is 0 Å². The molecule has 0 radical (unpaired) electrons. The number of amides is 1. The van der Waals surface area contributed by atoms with Gasteiger partial charge < -0.3 is 9.47 Å². The number of aryl methyl sites for hydroxylation is 1. The van der Waals surface area contributed by atoms with Crippen LogP contribution in [0.25, 0.3) is 11.0 Å². The first-order chi connectivity index (χ1) is 13.7. The lowest BCUT2D eigenvalue weighted by molar-refractivity contribution is -0.117. The first-order valence-electron chi connectivity index (χ1n) is 10.2. The molecule has 28 heavy (non-hydrogen) atoms. The third kappa shape index (κ3) is 3.66. The van der Waals surface area contributed by atoms with Gasteiger partial charge in [-0.2, -0.15) is 0 Å². The Balaban J connectivity index is 1.63. The normalized spacial score (nSPS) is 17.0. The van der Waals surface area contributed by atoms with Crippen molar-refractivity contribution in [2.45, 2.75) is 51.5 Å². The topological polar surface area (TPSA) is 38.1 Å². The highest BCUT2D eigenvalue weighted by Crippen LogP contribution is 2.36. The molecule has 1 fully saturated rings. The van der Waals surface area contributed by atoms with Crippen LogP contribution in [0, 0.1) is 0 Å². The Morgan fingerprint density at radius 1 is 1.07 bits per heavy atom. The minimum atomic E-state index is 0.0855. The Kier molecular flexibility index (Phi) is 5.67. The fourth-order valence-corrected chi connectivity index (χ4v) is 4.36. The maximum absolute atomic E-state index is 12.8. The lowest BCUT2D eigenvalue weighted by Gasteiger charge is -2.18. The standard InChI is InChI=1S/C23H26ClN3O/c1-2-3-4-9-14-26-21-13-8-6-11-19(21)25-23(26)17-15-22(28)27(16-17)20-12-7-5-10-18(20)24/h5-8,10-13,17H,2-4,9,14-16H2,1H3/t17-/m0/s1. The number of hydrogen-bond donors (Lipinski definition) is 0. The van der Waals surface area contributed by atoms with E-state index in [1.165, 1.54) is 19.3 Å². The fourth-order valence-electron chi connectivity index (χ4n) is 4.12. The molecule has 4 nitrogen and oxygen atoms in total. The summed E-state index contributed by atoms with van der Waals surface area (Å²) in [6.45, 7) is 3.80. The minimum Gasteiger partial charge on any atom is -0.328 e. The molecular formula is C23H26ClN3O. The Bertz CT molecular complexity index is 981. The number of halogens is 1. The minimum absolute atomic E-state index is 0.0855. The zero-order chi connectivity index (χ0) is 19.5. The zero-order valence-electron chi connectivity index (χ0n) is 16.3. The van der Waals surface area contributed by atoms with Crippen LogP contribution in [0.4, 0.5) is 5.69 Å². The van der Waals surface area contributed by atoms with Crippen LogP contribution in [0.1, 0.15) is 50.8 Å². The van der Waals surface area contributed by atoms with Gasteiger partial charge >= 0.3 is 0 Å². The predicted molar refractivity (Wildman–Crippen MR) is 115 cm³/mol. The van der Waals surface area contributed by atoms with E-state index in [0.29, 0.717) is 18.0 Å². The second kappa shape index (κ2) is 8.36. The summed E-state index contributed by atoms with van der Waals surface area (Å²) in [5.41, 5.74) is 2.97. The van der Waals surface area contributed by atoms with Crippen molar-refractivity contribution in [3.63, 3.8) is 0 Å². The van der Waals surface area contributed by atoms with Crippen molar-refractivity contribution in [2.24, 2.45) is 0 Å². The van der Waals surface area contributed by atoms with Gasteiger partial charge in [-0.1, -0.05) is 62.1 Å². The van der Waals surface area contributed by atoms with Gasteiger partial charge in [-0.25, -0.2) is 4.98 Å². The predicted octanol–water partition coefficient (Wildman–Crippen LogP) is 5.79. The highest BCUT2D eigenvalue weighted by Gasteiger charge is 2.35. The number of anilines is 1. The van der Waals surface area contributed by atoms with Crippen molar-refractivity contribution in [1.29, 1.82) is 0 Å². The number of benzene rings is 2. The van der Waals surface area contributed by atoms with Crippen molar-refractivity contribution >= 4 is 34.2 Å². The van der Waals surface area contributed by atoms with Crippen LogP contribution in [0.3, 0.4) is 0 Å². The Hall–Kier alpha value is -2.33. The third-order valence-electron chi connectivity index (χ3n) is 5.55. The monoisotopic (exact) mass is 395 g/mol. The first kappa shape index (κ1) is 19.0. The van der Waals surface area contributed by atoms with Crippen molar-refractivity contribution in [3.05, 3.63) is 59.4 Å². The van der Waals surface area contributed by atoms with E-state index in [1.54, 1.807) is 0 Å². The summed E-state index contributed by atoms with van der Waals surface area (Å²) in [6.07, 6.45) is 5.31. The van der Waals surface area contributed by atoms with Crippen LogP contribution in [0.5, 0.6) is 0 Å². The molecule has 1 aliphatic heterocycles. The molecule has 0 N–H and O–H groups in total. The lowest BCUT2D eigenvalue weighted by atomic mass is 10.1. The molecule has 1 atom stereocenters. The fraction of sp³-hybridized carbons (Fsp3) is 0.391. The molecule has 0 aliphatic carbocycles. The Morgan fingerprint density at radius 2 is 1.86 bits per heavy atom. The molecule has 2 heterocycles. The zero-order valence-corrected chi connectivity index (χ0v) is 17.0. The molecule has 146 valence electrons. The second-order valence-electron chi connectivity index (χ2n) is 7.53. The Morgan fingerprint density at radius 3 is 2.68 bits per heavy atom. The number of imidazole rings is 1. The summed E-state index contributed by atoms with van der Waals surface area (Å²) in [4.78, 5) is 19.5. The second-order valence-corrected chi connectivity index (χ2v) is 7.94. The number of carbonyl (C=O) groups excluding carboxylic acids is 1. The van der Waals surface area contributed by atoms with Crippen LogP contribution in [0.15, 0.2) is 48.5 Å². The average Bonchev–Trinajstić information content (AvgIpc) is 3.26. The number of hydrogen-bond acceptors (Lipinski definition) is 2. The van der Waals surface area contributed by atoms with Crippen molar-refractivity contribution < 1.29 is 4.79 Å². The maximum atomic E-state index is 12.8. The summed E-state index contributed by atoms with van der Waals surface area (Å²) in [5.74, 6) is 1.23. The van der Waals surface area contributed by atoms with E-state index in [0.717, 1.165) is 35.5 Å². The van der Waals surface area contributed by atoms with E-state index in [1.807, 2.05) is 35.2 Å². The average molecular weight is 396 g/mol. The van der Waals surface area contributed by atoms with Crippen LogP contribution >= 0.6 is 11.6 Å². The van der Waals surface area contributed by atoms with Gasteiger partial charge in [0.25, 0.3) is 0 Å². The van der Waals surface area contributed by atoms with Gasteiger partial charge in [-0.05, 0) is 30.7 Å². The number of nitrogens with zero attached hydrogens (tertiary/aromatic N) is 3. The summed E-state index contributed by atoms with van der Waals surface area (Å²) in [5, 5.41) is 0.615. The molecule has 1 aromatic heterocycles. The van der Waals surface area contributed by atoms with Gasteiger partial charge in [0, 0.05) is 25.4 Å². The molecule has 4 rings (SSSR count). The quantitative estimate of drug-likeness (QED) is 0.475. The van der Waals surface area contributed by atoms with Gasteiger partial charge in [0.05, 0.1) is 21.7 Å². The maximum Gasteiger partial charge on any atom is 0.227 e. The molecule has 2 aromatic carbocycles. The number of para-hydroxylation sites is 3. The van der Waals surface area contributed by atoms with Gasteiger partial charge in [0.1, 0.15) is 5.82 Å². The molecule has 5 heteroatoms. The number of carbonyl (C=O) groups is 1. The lowest BCUT2D eigenvalue weighted by Crippen LogP contribution is -2.24. The largest absolute Gasteiger partial charge is 0.328 e. The summed E-state index contributed by atoms with van der Waals surface area (Å²) in [7, 11) is 0. The number of fused-ring (bicyclic) bond motifs is 1. The van der Waals surface area contributed by atoms with E-state index in [-0.39, 0.29) is 11.8 Å². The molecule has 1 amide bonds. The van der Waals surface area contributed by atoms with E-state index < -0.39 is 0 Å². The van der Waals surface area contributed by atoms with Gasteiger partial charge in [-0.3, -0.25) is 4.79 Å². The summed E-state index contributed by atoms with van der Waals surface area (Å²) < 4.78 is 2.33.